The number of carbonyl (C=O) groups excluding carboxylic acids is 2. The molecule has 0 saturated carbocycles. The molecule has 3 aliphatic rings. The summed E-state index contributed by atoms with van der Waals surface area (Å²) in [5.74, 6) is -0.396. The van der Waals surface area contributed by atoms with Crippen LogP contribution in [0.15, 0.2) is 69.1 Å². The second-order valence-corrected chi connectivity index (χ2v) is 12.7. The number of nitrogens with one attached hydrogen (secondary N) is 3. The Kier molecular flexibility index (Phi) is 9.75. The number of rotatable bonds is 10. The molecular formula is C31H37N5O6S. The lowest BCUT2D eigenvalue weighted by Crippen LogP contribution is -2.43. The number of fused-ring (bicyclic) bond motifs is 2. The zero-order chi connectivity index (χ0) is 30.2. The number of aliphatic imine (C=N–C) groups is 1. The molecule has 0 radical (unpaired) electrons. The fourth-order valence-corrected chi connectivity index (χ4v) is 6.91. The highest BCUT2D eigenvalue weighted by Crippen LogP contribution is 2.40. The summed E-state index contributed by atoms with van der Waals surface area (Å²) in [4.78, 5) is 29.6. The summed E-state index contributed by atoms with van der Waals surface area (Å²) in [7, 11) is -3.78. The molecule has 1 heterocycles. The summed E-state index contributed by atoms with van der Waals surface area (Å²) < 4.78 is 37.3. The third kappa shape index (κ3) is 7.61. The van der Waals surface area contributed by atoms with Crippen LogP contribution in [0.4, 0.5) is 4.79 Å². The lowest BCUT2D eigenvalue weighted by Gasteiger charge is -2.18. The quantitative estimate of drug-likeness (QED) is 0.275. The van der Waals surface area contributed by atoms with Gasteiger partial charge in [0.05, 0.1) is 29.5 Å². The Morgan fingerprint density at radius 2 is 1.86 bits per heavy atom. The maximum Gasteiger partial charge on any atom is 0.408 e. The Bertz CT molecular complexity index is 1550. The lowest BCUT2D eigenvalue weighted by molar-refractivity contribution is -0.145. The molecule has 1 unspecified atom stereocenters. The van der Waals surface area contributed by atoms with Crippen molar-refractivity contribution in [3.63, 3.8) is 0 Å². The molecule has 43 heavy (non-hydrogen) atoms. The molecule has 5 rings (SSSR count). The Morgan fingerprint density at radius 1 is 1.05 bits per heavy atom. The minimum absolute atomic E-state index is 0.0158. The molecular weight excluding hydrogens is 570 g/mol. The van der Waals surface area contributed by atoms with E-state index in [-0.39, 0.29) is 30.3 Å². The summed E-state index contributed by atoms with van der Waals surface area (Å²) in [5.41, 5.74) is 9.29. The number of hydrogen-bond acceptors (Lipinski definition) is 10. The predicted octanol–water partition coefficient (Wildman–Crippen LogP) is 3.50. The maximum atomic E-state index is 13.5. The Balaban J connectivity index is 1.27. The molecule has 0 spiro atoms. The Morgan fingerprint density at radius 3 is 2.63 bits per heavy atom. The second kappa shape index (κ2) is 13.9. The molecule has 0 aromatic heterocycles. The van der Waals surface area contributed by atoms with E-state index in [1.807, 2.05) is 24.3 Å². The number of hydrogen-bond donors (Lipinski definition) is 3. The number of allylic oxidation sites excluding steroid dienone is 2. The number of alkyl carbamates (subject to hydrolysis) is 1. The Hall–Kier alpha value is -4.19. The van der Waals surface area contributed by atoms with Gasteiger partial charge in [0.2, 0.25) is 5.96 Å². The molecule has 1 atom stereocenters. The zero-order valence-corrected chi connectivity index (χ0v) is 25.0. The van der Waals surface area contributed by atoms with E-state index in [2.05, 4.69) is 26.2 Å². The van der Waals surface area contributed by atoms with Gasteiger partial charge in [-0.3, -0.25) is 0 Å². The van der Waals surface area contributed by atoms with Crippen LogP contribution < -0.4 is 16.1 Å². The van der Waals surface area contributed by atoms with E-state index < -0.39 is 27.9 Å². The van der Waals surface area contributed by atoms with Crippen LogP contribution in [0, 0.1) is 0 Å². The predicted molar refractivity (Wildman–Crippen MR) is 163 cm³/mol. The molecule has 0 bridgehead atoms. The summed E-state index contributed by atoms with van der Waals surface area (Å²) in [6, 6.07) is 13.2. The molecule has 12 heteroatoms. The van der Waals surface area contributed by atoms with E-state index in [0.29, 0.717) is 18.8 Å². The first-order valence-electron chi connectivity index (χ1n) is 14.7. The third-order valence-electron chi connectivity index (χ3n) is 7.68. The minimum Gasteiger partial charge on any atom is -0.464 e. The molecule has 1 aliphatic heterocycles. The van der Waals surface area contributed by atoms with Gasteiger partial charge in [0, 0.05) is 6.54 Å². The molecule has 2 aromatic rings. The monoisotopic (exact) mass is 607 g/mol. The van der Waals surface area contributed by atoms with Crippen molar-refractivity contribution >= 4 is 39.1 Å². The maximum absolute atomic E-state index is 13.5. The first kappa shape index (κ1) is 30.3. The van der Waals surface area contributed by atoms with Gasteiger partial charge >= 0.3 is 12.1 Å². The summed E-state index contributed by atoms with van der Waals surface area (Å²) in [6.07, 6.45) is 3.22. The SMILES string of the molecule is CCOC(=O)C(CCS(=O)(=O)c1ccc2c(c1)CCC(=NNC1=NCCN1)C1=C2CCC1)NC(=O)OCc1ccccc1. The number of hydrazone groups is 1. The van der Waals surface area contributed by atoms with Gasteiger partial charge < -0.3 is 20.1 Å². The average molecular weight is 608 g/mol. The molecule has 0 saturated heterocycles. The van der Waals surface area contributed by atoms with Crippen LogP contribution in [-0.4, -0.2) is 63.6 Å². The molecule has 2 aromatic carbocycles. The van der Waals surface area contributed by atoms with Gasteiger partial charge in [-0.1, -0.05) is 36.4 Å². The third-order valence-corrected chi connectivity index (χ3v) is 9.43. The number of guanidine groups is 1. The van der Waals surface area contributed by atoms with E-state index in [4.69, 9.17) is 9.47 Å². The molecule has 2 aliphatic carbocycles. The van der Waals surface area contributed by atoms with Crippen LogP contribution in [0.5, 0.6) is 0 Å². The number of amides is 1. The van der Waals surface area contributed by atoms with E-state index >= 15 is 0 Å². The summed E-state index contributed by atoms with van der Waals surface area (Å²) >= 11 is 0. The van der Waals surface area contributed by atoms with Crippen molar-refractivity contribution in [3.05, 3.63) is 70.8 Å². The highest BCUT2D eigenvalue weighted by atomic mass is 32.2. The number of aryl methyl sites for hydroxylation is 1. The van der Waals surface area contributed by atoms with Gasteiger partial charge in [-0.25, -0.2) is 28.4 Å². The number of esters is 1. The fourth-order valence-electron chi connectivity index (χ4n) is 5.53. The molecule has 228 valence electrons. The highest BCUT2D eigenvalue weighted by Gasteiger charge is 2.29. The average Bonchev–Trinajstić information content (AvgIpc) is 3.69. The number of ether oxygens (including phenoxy) is 2. The van der Waals surface area contributed by atoms with Crippen LogP contribution >= 0.6 is 0 Å². The van der Waals surface area contributed by atoms with Crippen LogP contribution in [0.25, 0.3) is 5.57 Å². The van der Waals surface area contributed by atoms with Gasteiger partial charge in [0.1, 0.15) is 12.6 Å². The van der Waals surface area contributed by atoms with E-state index in [9.17, 15) is 18.0 Å². The van der Waals surface area contributed by atoms with Crippen LogP contribution in [0.3, 0.4) is 0 Å². The lowest BCUT2D eigenvalue weighted by atomic mass is 9.97. The topological polar surface area (TPSA) is 148 Å². The zero-order valence-electron chi connectivity index (χ0n) is 24.2. The normalized spacial score (nSPS) is 17.7. The van der Waals surface area contributed by atoms with Crippen molar-refractivity contribution in [3.8, 4) is 0 Å². The van der Waals surface area contributed by atoms with Crippen molar-refractivity contribution in [2.45, 2.75) is 63.0 Å². The van der Waals surface area contributed by atoms with E-state index in [1.165, 1.54) is 11.1 Å². The van der Waals surface area contributed by atoms with Crippen molar-refractivity contribution in [1.29, 1.82) is 0 Å². The minimum atomic E-state index is -3.78. The Labute approximate surface area is 251 Å². The fraction of sp³-hybridized carbons (Fsp3) is 0.419. The van der Waals surface area contributed by atoms with Crippen LogP contribution in [0.2, 0.25) is 0 Å². The van der Waals surface area contributed by atoms with Gasteiger partial charge in [-0.2, -0.15) is 5.10 Å². The summed E-state index contributed by atoms with van der Waals surface area (Å²) in [5, 5.41) is 10.3. The first-order chi connectivity index (χ1) is 20.8. The number of benzene rings is 2. The van der Waals surface area contributed by atoms with Gasteiger partial charge in [0.15, 0.2) is 9.84 Å². The van der Waals surface area contributed by atoms with Crippen molar-refractivity contribution in [2.75, 3.05) is 25.4 Å². The van der Waals surface area contributed by atoms with Gasteiger partial charge in [-0.15, -0.1) is 0 Å². The summed E-state index contributed by atoms with van der Waals surface area (Å²) in [6.45, 7) is 3.27. The highest BCUT2D eigenvalue weighted by molar-refractivity contribution is 7.91. The largest absolute Gasteiger partial charge is 0.464 e. The van der Waals surface area contributed by atoms with Crippen LogP contribution in [-0.2, 0) is 37.1 Å². The number of carbonyl (C=O) groups is 2. The van der Waals surface area contributed by atoms with Gasteiger partial charge in [-0.05, 0) is 85.4 Å². The van der Waals surface area contributed by atoms with E-state index in [0.717, 1.165) is 54.8 Å². The number of nitrogens with zero attached hydrogens (tertiary/aromatic N) is 2. The first-order valence-corrected chi connectivity index (χ1v) is 16.3. The molecule has 3 N–H and O–H groups in total. The molecule has 11 nitrogen and oxygen atoms in total. The van der Waals surface area contributed by atoms with Gasteiger partial charge in [0.25, 0.3) is 0 Å². The smallest absolute Gasteiger partial charge is 0.408 e. The number of sulfone groups is 1. The second-order valence-electron chi connectivity index (χ2n) is 10.6. The molecule has 1 amide bonds. The van der Waals surface area contributed by atoms with Crippen molar-refractivity contribution in [1.82, 2.24) is 16.1 Å². The standard InChI is InChI=1S/C31H37N5O6S/c1-2-41-29(37)28(34-31(38)42-20-21-7-4-3-5-8-21)15-18-43(39,40)23-12-13-24-22(19-23)11-14-27(26-10-6-9-25(24)26)35-36-30-32-16-17-33-30/h3-5,7-8,12-13,19,28H,2,6,9-11,14-18,20H2,1H3,(H,34,38)(H2,32,33,36). The van der Waals surface area contributed by atoms with Crippen LogP contribution in [0.1, 0.15) is 55.7 Å². The van der Waals surface area contributed by atoms with E-state index in [1.54, 1.807) is 31.2 Å². The molecule has 0 fully saturated rings. The van der Waals surface area contributed by atoms with Crippen molar-refractivity contribution < 1.29 is 27.5 Å². The van der Waals surface area contributed by atoms with Crippen molar-refractivity contribution in [2.24, 2.45) is 10.1 Å².